The molecular formula is C11H18O5. The van der Waals surface area contributed by atoms with E-state index in [0.717, 1.165) is 0 Å². The summed E-state index contributed by atoms with van der Waals surface area (Å²) in [6.07, 6.45) is -0.666. The first kappa shape index (κ1) is 10.9. The molecule has 5 nitrogen and oxygen atoms in total. The summed E-state index contributed by atoms with van der Waals surface area (Å²) in [4.78, 5) is 0. The molecule has 0 bridgehead atoms. The highest BCUT2D eigenvalue weighted by Crippen LogP contribution is 2.42. The second kappa shape index (κ2) is 3.17. The van der Waals surface area contributed by atoms with E-state index in [2.05, 4.69) is 0 Å². The van der Waals surface area contributed by atoms with Gasteiger partial charge in [-0.2, -0.15) is 0 Å². The van der Waals surface area contributed by atoms with Gasteiger partial charge < -0.3 is 23.7 Å². The van der Waals surface area contributed by atoms with Crippen molar-refractivity contribution >= 4 is 0 Å². The van der Waals surface area contributed by atoms with Crippen LogP contribution >= 0.6 is 0 Å². The molecule has 3 aliphatic rings. The van der Waals surface area contributed by atoms with Crippen LogP contribution in [-0.4, -0.2) is 42.8 Å². The van der Waals surface area contributed by atoms with Crippen molar-refractivity contribution in [2.45, 2.75) is 63.9 Å². The van der Waals surface area contributed by atoms with E-state index in [4.69, 9.17) is 23.7 Å². The number of rotatable bonds is 0. The maximum atomic E-state index is 5.85. The van der Waals surface area contributed by atoms with Crippen molar-refractivity contribution in [1.29, 1.82) is 0 Å². The van der Waals surface area contributed by atoms with Gasteiger partial charge in [-0.15, -0.1) is 0 Å². The molecular weight excluding hydrogens is 212 g/mol. The molecule has 3 saturated heterocycles. The first-order valence-corrected chi connectivity index (χ1v) is 5.69. The van der Waals surface area contributed by atoms with Crippen molar-refractivity contribution in [2.24, 2.45) is 0 Å². The van der Waals surface area contributed by atoms with Crippen LogP contribution in [0.1, 0.15) is 27.7 Å². The van der Waals surface area contributed by atoms with Crippen LogP contribution < -0.4 is 0 Å². The smallest absolute Gasteiger partial charge is 0.190 e. The number of fused-ring (bicyclic) bond motifs is 3. The van der Waals surface area contributed by atoms with Crippen molar-refractivity contribution in [3.8, 4) is 0 Å². The lowest BCUT2D eigenvalue weighted by Crippen LogP contribution is -2.50. The Morgan fingerprint density at radius 2 is 1.56 bits per heavy atom. The maximum Gasteiger partial charge on any atom is 0.190 e. The fourth-order valence-electron chi connectivity index (χ4n) is 2.47. The monoisotopic (exact) mass is 230 g/mol. The van der Waals surface area contributed by atoms with Crippen LogP contribution in [0.15, 0.2) is 0 Å². The Morgan fingerprint density at radius 3 is 2.31 bits per heavy atom. The standard InChI is InChI=1S/C11H18O5/c1-10(2)12-5-6-7(14-10)8-9(13-6)16-11(3,4)15-8/h6-9H,5H2,1-4H3/t6?,7?,8-,9-/m1/s1. The van der Waals surface area contributed by atoms with Crippen LogP contribution in [0.4, 0.5) is 0 Å². The minimum atomic E-state index is -0.591. The van der Waals surface area contributed by atoms with E-state index in [0.29, 0.717) is 6.61 Å². The summed E-state index contributed by atoms with van der Waals surface area (Å²) in [5, 5.41) is 0. The van der Waals surface area contributed by atoms with Crippen molar-refractivity contribution < 1.29 is 23.7 Å². The molecule has 16 heavy (non-hydrogen) atoms. The van der Waals surface area contributed by atoms with Crippen molar-refractivity contribution in [3.05, 3.63) is 0 Å². The predicted octanol–water partition coefficient (Wildman–Crippen LogP) is 1.01. The average molecular weight is 230 g/mol. The topological polar surface area (TPSA) is 46.2 Å². The molecule has 0 N–H and O–H groups in total. The molecule has 3 fully saturated rings. The van der Waals surface area contributed by atoms with Gasteiger partial charge in [0.05, 0.1) is 6.61 Å². The molecule has 3 rings (SSSR count). The van der Waals surface area contributed by atoms with Crippen LogP contribution in [0.5, 0.6) is 0 Å². The molecule has 0 aromatic heterocycles. The lowest BCUT2D eigenvalue weighted by molar-refractivity contribution is -0.319. The van der Waals surface area contributed by atoms with E-state index in [1.807, 2.05) is 27.7 Å². The molecule has 0 saturated carbocycles. The summed E-state index contributed by atoms with van der Waals surface area (Å²) in [6.45, 7) is 8.09. The highest BCUT2D eigenvalue weighted by Gasteiger charge is 2.58. The van der Waals surface area contributed by atoms with Gasteiger partial charge in [-0.1, -0.05) is 0 Å². The van der Waals surface area contributed by atoms with Gasteiger partial charge in [0.1, 0.15) is 18.3 Å². The van der Waals surface area contributed by atoms with Crippen molar-refractivity contribution in [2.75, 3.05) is 6.61 Å². The van der Waals surface area contributed by atoms with Gasteiger partial charge in [-0.3, -0.25) is 0 Å². The predicted molar refractivity (Wildman–Crippen MR) is 53.6 cm³/mol. The van der Waals surface area contributed by atoms with Gasteiger partial charge in [0.2, 0.25) is 0 Å². The number of hydrogen-bond donors (Lipinski definition) is 0. The Labute approximate surface area is 94.9 Å². The minimum absolute atomic E-state index is 0.0841. The summed E-state index contributed by atoms with van der Waals surface area (Å²) >= 11 is 0. The summed E-state index contributed by atoms with van der Waals surface area (Å²) < 4.78 is 28.6. The van der Waals surface area contributed by atoms with Crippen LogP contribution in [0.3, 0.4) is 0 Å². The van der Waals surface area contributed by atoms with E-state index in [9.17, 15) is 0 Å². The molecule has 3 heterocycles. The first-order valence-electron chi connectivity index (χ1n) is 5.69. The fourth-order valence-corrected chi connectivity index (χ4v) is 2.47. The SMILES string of the molecule is CC1(C)OCC2O[C@@H]3OC(C)(C)O[C@@H]3C2O1. The number of ether oxygens (including phenoxy) is 5. The molecule has 0 spiro atoms. The zero-order chi connectivity index (χ0) is 11.6. The van der Waals surface area contributed by atoms with E-state index in [1.54, 1.807) is 0 Å². The molecule has 92 valence electrons. The summed E-state index contributed by atoms with van der Waals surface area (Å²) in [6, 6.07) is 0. The summed E-state index contributed by atoms with van der Waals surface area (Å²) in [7, 11) is 0. The molecule has 2 unspecified atom stereocenters. The molecule has 0 amide bonds. The third-order valence-electron chi connectivity index (χ3n) is 3.10. The van der Waals surface area contributed by atoms with Crippen molar-refractivity contribution in [3.63, 3.8) is 0 Å². The third kappa shape index (κ3) is 1.67. The molecule has 0 radical (unpaired) electrons. The first-order chi connectivity index (χ1) is 7.36. The second-order valence-electron chi connectivity index (χ2n) is 5.44. The quantitative estimate of drug-likeness (QED) is 0.621. The lowest BCUT2D eigenvalue weighted by Gasteiger charge is -2.38. The van der Waals surface area contributed by atoms with Crippen LogP contribution in [0.25, 0.3) is 0 Å². The van der Waals surface area contributed by atoms with E-state index >= 15 is 0 Å². The average Bonchev–Trinajstić information content (AvgIpc) is 2.57. The largest absolute Gasteiger partial charge is 0.348 e. The second-order valence-corrected chi connectivity index (χ2v) is 5.44. The zero-order valence-corrected chi connectivity index (χ0v) is 10.1. The van der Waals surface area contributed by atoms with Gasteiger partial charge in [0.15, 0.2) is 17.9 Å². The number of hydrogen-bond acceptors (Lipinski definition) is 5. The Kier molecular flexibility index (Phi) is 2.17. The van der Waals surface area contributed by atoms with Gasteiger partial charge >= 0.3 is 0 Å². The fraction of sp³-hybridized carbons (Fsp3) is 1.00. The van der Waals surface area contributed by atoms with Gasteiger partial charge in [-0.05, 0) is 27.7 Å². The van der Waals surface area contributed by atoms with Gasteiger partial charge in [0.25, 0.3) is 0 Å². The van der Waals surface area contributed by atoms with E-state index in [1.165, 1.54) is 0 Å². The van der Waals surface area contributed by atoms with Crippen LogP contribution in [0.2, 0.25) is 0 Å². The van der Waals surface area contributed by atoms with Crippen molar-refractivity contribution in [1.82, 2.24) is 0 Å². The Morgan fingerprint density at radius 1 is 0.875 bits per heavy atom. The molecule has 0 aliphatic carbocycles. The molecule has 0 aromatic rings. The van der Waals surface area contributed by atoms with E-state index in [-0.39, 0.29) is 24.6 Å². The highest BCUT2D eigenvalue weighted by atomic mass is 16.9. The minimum Gasteiger partial charge on any atom is -0.348 e. The van der Waals surface area contributed by atoms with Gasteiger partial charge in [0, 0.05) is 0 Å². The van der Waals surface area contributed by atoms with Crippen LogP contribution in [-0.2, 0) is 23.7 Å². The van der Waals surface area contributed by atoms with Gasteiger partial charge in [-0.25, -0.2) is 0 Å². The lowest BCUT2D eigenvalue weighted by atomic mass is 10.1. The normalized spacial score (nSPS) is 48.8. The zero-order valence-electron chi connectivity index (χ0n) is 10.1. The molecule has 0 aromatic carbocycles. The van der Waals surface area contributed by atoms with Crippen LogP contribution in [0, 0.1) is 0 Å². The Hall–Kier alpha value is -0.200. The maximum absolute atomic E-state index is 5.85. The Bertz CT molecular complexity index is 301. The Balaban J connectivity index is 1.78. The third-order valence-corrected chi connectivity index (χ3v) is 3.10. The van der Waals surface area contributed by atoms with E-state index < -0.39 is 11.6 Å². The molecule has 4 atom stereocenters. The highest BCUT2D eigenvalue weighted by molar-refractivity contribution is 4.96. The molecule has 5 heteroatoms. The summed E-state index contributed by atoms with van der Waals surface area (Å²) in [5.41, 5.74) is 0. The summed E-state index contributed by atoms with van der Waals surface area (Å²) in [5.74, 6) is -1.17. The molecule has 3 aliphatic heterocycles.